The molecule has 3 aliphatic heterocycles. The minimum absolute atomic E-state index is 0.977. The van der Waals surface area contributed by atoms with Gasteiger partial charge in [0.1, 0.15) is 0 Å². The Hall–Kier alpha value is 0.829. The summed E-state index contributed by atoms with van der Waals surface area (Å²) in [5.74, 6) is -0.977. The van der Waals surface area contributed by atoms with Gasteiger partial charge in [-0.25, -0.2) is 0 Å². The monoisotopic (exact) mass is 237 g/mol. The second kappa shape index (κ2) is 2.20. The molecule has 0 aromatic carbocycles. The quantitative estimate of drug-likeness (QED) is 0.425. The average molecular weight is 236 g/mol. The van der Waals surface area contributed by atoms with Gasteiger partial charge in [-0.3, -0.25) is 0 Å². The van der Waals surface area contributed by atoms with Gasteiger partial charge in [0.2, 0.25) is 0 Å². The second-order valence-corrected chi connectivity index (χ2v) is 9.18. The first-order valence-electron chi connectivity index (χ1n) is 4.18. The Kier molecular flexibility index (Phi) is 1.45. The molecule has 0 aliphatic carbocycles. The first-order valence-corrected chi connectivity index (χ1v) is 8.04. The molecule has 0 atom stereocenters. The van der Waals surface area contributed by atoms with Crippen molar-refractivity contribution in [2.24, 2.45) is 0 Å². The molecule has 0 saturated carbocycles. The van der Waals surface area contributed by atoms with Gasteiger partial charge >= 0.3 is 74.3 Å². The van der Waals surface area contributed by atoms with E-state index in [1.54, 1.807) is 0 Å². The van der Waals surface area contributed by atoms with E-state index in [2.05, 4.69) is 29.1 Å². The standard InChI is InChI=1S/C6H12N3PSe/c11-10-7-1-2-8(10)5-6-9(10)4-3-7/h1-6H2. The van der Waals surface area contributed by atoms with Crippen LogP contribution < -0.4 is 0 Å². The van der Waals surface area contributed by atoms with E-state index in [0.717, 1.165) is 0 Å². The van der Waals surface area contributed by atoms with Crippen LogP contribution in [0, 0.1) is 0 Å². The summed E-state index contributed by atoms with van der Waals surface area (Å²) in [5.41, 5.74) is 0. The molecule has 0 N–H and O–H groups in total. The average Bonchev–Trinajstić information content (AvgIpc) is 2.53. The van der Waals surface area contributed by atoms with Crippen LogP contribution in [0.3, 0.4) is 0 Å². The summed E-state index contributed by atoms with van der Waals surface area (Å²) < 4.78 is 8.00. The van der Waals surface area contributed by atoms with Crippen molar-refractivity contribution in [3.8, 4) is 0 Å². The third-order valence-electron chi connectivity index (χ3n) is 2.95. The molecule has 0 aromatic rings. The Balaban J connectivity index is 2.11. The van der Waals surface area contributed by atoms with Crippen LogP contribution >= 0.6 is 5.96 Å². The summed E-state index contributed by atoms with van der Waals surface area (Å²) >= 11 is 3.47. The van der Waals surface area contributed by atoms with Crippen LogP contribution in [-0.2, 0) is 0 Å². The molecule has 3 rings (SSSR count). The second-order valence-electron chi connectivity index (χ2n) is 3.37. The zero-order chi connectivity index (χ0) is 7.47. The molecule has 0 unspecified atom stereocenters. The van der Waals surface area contributed by atoms with Crippen molar-refractivity contribution in [2.75, 3.05) is 39.3 Å². The zero-order valence-corrected chi connectivity index (χ0v) is 9.05. The molecule has 0 aromatic heterocycles. The number of rotatable bonds is 0. The first-order chi connectivity index (χ1) is 5.32. The van der Waals surface area contributed by atoms with E-state index >= 15 is 0 Å². The van der Waals surface area contributed by atoms with Crippen molar-refractivity contribution >= 4 is 21.1 Å². The summed E-state index contributed by atoms with van der Waals surface area (Å²) in [7, 11) is 0. The normalized spacial score (nSPS) is 36.7. The Labute approximate surface area is 74.7 Å². The van der Waals surface area contributed by atoms with Gasteiger partial charge in [-0.1, -0.05) is 0 Å². The molecular formula is C6H12N3PSe. The molecule has 5 heteroatoms. The Bertz CT molecular complexity index is 194. The van der Waals surface area contributed by atoms with Gasteiger partial charge in [-0.05, 0) is 0 Å². The minimum atomic E-state index is -0.977. The van der Waals surface area contributed by atoms with Crippen LogP contribution in [0.15, 0.2) is 0 Å². The van der Waals surface area contributed by atoms with Gasteiger partial charge in [0.25, 0.3) is 0 Å². The molecule has 0 bridgehead atoms. The van der Waals surface area contributed by atoms with Gasteiger partial charge in [0.15, 0.2) is 0 Å². The first kappa shape index (κ1) is 7.25. The van der Waals surface area contributed by atoms with Crippen molar-refractivity contribution in [3.63, 3.8) is 0 Å². The molecule has 0 spiro atoms. The van der Waals surface area contributed by atoms with Gasteiger partial charge in [0.05, 0.1) is 0 Å². The van der Waals surface area contributed by atoms with Gasteiger partial charge in [0, 0.05) is 0 Å². The van der Waals surface area contributed by atoms with Gasteiger partial charge in [-0.15, -0.1) is 0 Å². The van der Waals surface area contributed by atoms with Gasteiger partial charge < -0.3 is 0 Å². The summed E-state index contributed by atoms with van der Waals surface area (Å²) in [5, 5.41) is 0. The Morgan fingerprint density at radius 1 is 0.727 bits per heavy atom. The van der Waals surface area contributed by atoms with Crippen LogP contribution in [-0.4, -0.2) is 68.4 Å². The predicted molar refractivity (Wildman–Crippen MR) is 47.4 cm³/mol. The van der Waals surface area contributed by atoms with Crippen LogP contribution in [0.5, 0.6) is 0 Å². The maximum absolute atomic E-state index is 3.47. The van der Waals surface area contributed by atoms with Gasteiger partial charge in [-0.2, -0.15) is 0 Å². The Morgan fingerprint density at radius 3 is 1.27 bits per heavy atom. The van der Waals surface area contributed by atoms with E-state index in [4.69, 9.17) is 0 Å². The summed E-state index contributed by atoms with van der Waals surface area (Å²) in [4.78, 5) is 0. The zero-order valence-electron chi connectivity index (χ0n) is 6.44. The van der Waals surface area contributed by atoms with E-state index in [1.807, 2.05) is 0 Å². The van der Waals surface area contributed by atoms with Crippen LogP contribution in [0.1, 0.15) is 0 Å². The number of hydrogen-bond acceptors (Lipinski definition) is 3. The van der Waals surface area contributed by atoms with E-state index in [-0.39, 0.29) is 0 Å². The van der Waals surface area contributed by atoms with E-state index in [0.29, 0.717) is 0 Å². The molecule has 3 aliphatic rings. The fraction of sp³-hybridized carbons (Fsp3) is 1.00. The predicted octanol–water partition coefficient (Wildman–Crippen LogP) is -0.221. The maximum atomic E-state index is 3.47. The molecule has 3 fully saturated rings. The van der Waals surface area contributed by atoms with E-state index in [9.17, 15) is 0 Å². The molecule has 3 saturated heterocycles. The molecule has 3 nitrogen and oxygen atoms in total. The van der Waals surface area contributed by atoms with Crippen LogP contribution in [0.4, 0.5) is 0 Å². The van der Waals surface area contributed by atoms with Crippen LogP contribution in [0.2, 0.25) is 0 Å². The fourth-order valence-corrected chi connectivity index (χ4v) is 8.60. The van der Waals surface area contributed by atoms with Crippen LogP contribution in [0.25, 0.3) is 0 Å². The molecule has 11 heavy (non-hydrogen) atoms. The fourth-order valence-electron chi connectivity index (χ4n) is 2.35. The van der Waals surface area contributed by atoms with Crippen molar-refractivity contribution in [1.29, 1.82) is 0 Å². The molecule has 62 valence electrons. The summed E-state index contributed by atoms with van der Waals surface area (Å²) in [6.07, 6.45) is 0. The molecule has 0 radical (unpaired) electrons. The van der Waals surface area contributed by atoms with E-state index < -0.39 is 5.96 Å². The SMILES string of the molecule is [Se]=P12N3CCN1CCN2CC3. The molecule has 0 amide bonds. The topological polar surface area (TPSA) is 9.72 Å². The number of nitrogens with zero attached hydrogens (tertiary/aromatic N) is 3. The van der Waals surface area contributed by atoms with Crippen molar-refractivity contribution in [2.45, 2.75) is 0 Å². The molecular weight excluding hydrogens is 224 g/mol. The van der Waals surface area contributed by atoms with Crippen molar-refractivity contribution in [3.05, 3.63) is 0 Å². The number of hydrogen-bond donors (Lipinski definition) is 0. The summed E-state index contributed by atoms with van der Waals surface area (Å²) in [6, 6.07) is 0. The van der Waals surface area contributed by atoms with Crippen molar-refractivity contribution < 1.29 is 0 Å². The van der Waals surface area contributed by atoms with Crippen molar-refractivity contribution in [1.82, 2.24) is 14.0 Å². The van der Waals surface area contributed by atoms with E-state index in [1.165, 1.54) is 39.3 Å². The molecule has 3 heterocycles. The third kappa shape index (κ3) is 0.738. The summed E-state index contributed by atoms with van der Waals surface area (Å²) in [6.45, 7) is 7.82. The Morgan fingerprint density at radius 2 is 1.00 bits per heavy atom. The third-order valence-corrected chi connectivity index (χ3v) is 10.7.